The first-order chi connectivity index (χ1) is 22.2. The number of phenolic OH excluding ortho intramolecular Hbond substituents is 2. The number of carbonyl (C=O) groups excluding carboxylic acids is 2. The summed E-state index contributed by atoms with van der Waals surface area (Å²) in [6, 6.07) is 8.18. The van der Waals surface area contributed by atoms with Gasteiger partial charge in [0.2, 0.25) is 11.8 Å². The van der Waals surface area contributed by atoms with Crippen molar-refractivity contribution in [2.24, 2.45) is 23.3 Å². The van der Waals surface area contributed by atoms with Crippen LogP contribution in [0.15, 0.2) is 24.3 Å². The van der Waals surface area contributed by atoms with E-state index in [1.54, 1.807) is 0 Å². The van der Waals surface area contributed by atoms with E-state index in [1.165, 1.54) is 68.9 Å². The van der Waals surface area contributed by atoms with Crippen LogP contribution in [0.4, 0.5) is 0 Å². The Hall–Kier alpha value is -3.02. The average molecular weight is 637 g/mol. The molecule has 0 aliphatic heterocycles. The fourth-order valence-electron chi connectivity index (χ4n) is 6.11. The lowest BCUT2D eigenvalue weighted by atomic mass is 9.95. The number of aromatic hydroxyl groups is 2. The van der Waals surface area contributed by atoms with Gasteiger partial charge in [0, 0.05) is 11.1 Å². The number of amides is 2. The SMILES string of the molecule is CC.CCCCCc1cc(CCCCC)c(O)c(CC(N)=O)c1.NC(=O)Cc1cc(CCCC2CC2)cc(CCCC2CC2)c1O. The molecular formula is C40H64N2O4. The summed E-state index contributed by atoms with van der Waals surface area (Å²) in [4.78, 5) is 22.5. The Morgan fingerprint density at radius 3 is 1.33 bits per heavy atom. The highest BCUT2D eigenvalue weighted by Crippen LogP contribution is 2.36. The molecule has 0 atom stereocenters. The summed E-state index contributed by atoms with van der Waals surface area (Å²) in [5.41, 5.74) is 16.5. The van der Waals surface area contributed by atoms with Crippen molar-refractivity contribution in [1.29, 1.82) is 0 Å². The van der Waals surface area contributed by atoms with Gasteiger partial charge in [-0.3, -0.25) is 9.59 Å². The second kappa shape index (κ2) is 21.7. The molecular weight excluding hydrogens is 572 g/mol. The van der Waals surface area contributed by atoms with Crippen molar-refractivity contribution >= 4 is 11.8 Å². The minimum Gasteiger partial charge on any atom is -0.507 e. The summed E-state index contributed by atoms with van der Waals surface area (Å²) in [7, 11) is 0. The highest BCUT2D eigenvalue weighted by Gasteiger charge is 2.22. The molecule has 4 rings (SSSR count). The van der Waals surface area contributed by atoms with Crippen LogP contribution in [0.3, 0.4) is 0 Å². The Labute approximate surface area is 279 Å². The average Bonchev–Trinajstić information content (AvgIpc) is 3.95. The number of hydrogen-bond acceptors (Lipinski definition) is 4. The molecule has 0 aromatic heterocycles. The third kappa shape index (κ3) is 15.5. The summed E-state index contributed by atoms with van der Waals surface area (Å²) in [5.74, 6) is 1.67. The number of primary amides is 2. The number of nitrogens with two attached hydrogens (primary N) is 2. The first-order valence-corrected chi connectivity index (χ1v) is 18.4. The van der Waals surface area contributed by atoms with E-state index in [2.05, 4.69) is 26.0 Å². The molecule has 0 spiro atoms. The predicted molar refractivity (Wildman–Crippen MR) is 191 cm³/mol. The highest BCUT2D eigenvalue weighted by molar-refractivity contribution is 5.78. The molecule has 2 aliphatic rings. The standard InChI is InChI=1S/C20H29NO2.C18H29NO2.C2H6/c21-19(22)13-18-12-16(5-1-3-14-7-8-14)11-17(20(18)23)6-2-4-15-9-10-15;1-3-5-7-9-14-11-15(10-8-6-4-2)18(21)16(12-14)13-17(19)20;1-2/h11-12,14-15,23H,1-10,13H2,(H2,21,22);11-12,21H,3-10,13H2,1-2H3,(H2,19,20);1-2H3. The fraction of sp³-hybridized carbons (Fsp3) is 0.650. The van der Waals surface area contributed by atoms with Gasteiger partial charge in [0.25, 0.3) is 0 Å². The molecule has 46 heavy (non-hydrogen) atoms. The van der Waals surface area contributed by atoms with Crippen LogP contribution in [0.5, 0.6) is 11.5 Å². The molecule has 6 N–H and O–H groups in total. The zero-order chi connectivity index (χ0) is 33.9. The molecule has 2 aromatic rings. The molecule has 258 valence electrons. The van der Waals surface area contributed by atoms with Gasteiger partial charge in [0.05, 0.1) is 12.8 Å². The minimum atomic E-state index is -0.393. The largest absolute Gasteiger partial charge is 0.507 e. The Morgan fingerprint density at radius 1 is 0.587 bits per heavy atom. The van der Waals surface area contributed by atoms with Crippen molar-refractivity contribution in [2.75, 3.05) is 0 Å². The van der Waals surface area contributed by atoms with E-state index in [0.29, 0.717) is 16.9 Å². The summed E-state index contributed by atoms with van der Waals surface area (Å²) >= 11 is 0. The van der Waals surface area contributed by atoms with Crippen LogP contribution in [0.1, 0.15) is 151 Å². The number of carbonyl (C=O) groups is 2. The van der Waals surface area contributed by atoms with Gasteiger partial charge in [-0.1, -0.05) is 116 Å². The van der Waals surface area contributed by atoms with E-state index in [4.69, 9.17) is 11.5 Å². The highest BCUT2D eigenvalue weighted by atomic mass is 16.3. The van der Waals surface area contributed by atoms with E-state index in [1.807, 2.05) is 26.0 Å². The third-order valence-electron chi connectivity index (χ3n) is 9.03. The Balaban J connectivity index is 0.000000305. The lowest BCUT2D eigenvalue weighted by Crippen LogP contribution is -2.14. The molecule has 0 heterocycles. The van der Waals surface area contributed by atoms with E-state index >= 15 is 0 Å². The van der Waals surface area contributed by atoms with Crippen molar-refractivity contribution in [3.05, 3.63) is 57.6 Å². The van der Waals surface area contributed by atoms with Crippen LogP contribution >= 0.6 is 0 Å². The predicted octanol–water partition coefficient (Wildman–Crippen LogP) is 8.80. The molecule has 2 amide bonds. The van der Waals surface area contributed by atoms with Gasteiger partial charge in [-0.05, 0) is 85.5 Å². The van der Waals surface area contributed by atoms with Crippen LogP contribution in [-0.2, 0) is 48.1 Å². The summed E-state index contributed by atoms with van der Waals surface area (Å²) in [6.07, 6.45) is 21.4. The van der Waals surface area contributed by atoms with Gasteiger partial charge in [-0.25, -0.2) is 0 Å². The normalized spacial score (nSPS) is 13.7. The molecule has 0 saturated heterocycles. The van der Waals surface area contributed by atoms with Crippen molar-refractivity contribution in [1.82, 2.24) is 0 Å². The smallest absolute Gasteiger partial charge is 0.221 e. The Kier molecular flexibility index (Phi) is 18.5. The van der Waals surface area contributed by atoms with Crippen LogP contribution in [0, 0.1) is 11.8 Å². The topological polar surface area (TPSA) is 127 Å². The number of aryl methyl sites for hydroxylation is 4. The molecule has 2 aliphatic carbocycles. The van der Waals surface area contributed by atoms with Gasteiger partial charge >= 0.3 is 0 Å². The van der Waals surface area contributed by atoms with Crippen molar-refractivity contribution < 1.29 is 19.8 Å². The van der Waals surface area contributed by atoms with Crippen LogP contribution in [0.25, 0.3) is 0 Å². The van der Waals surface area contributed by atoms with E-state index in [0.717, 1.165) is 80.8 Å². The molecule has 0 radical (unpaired) electrons. The maximum atomic E-state index is 11.3. The Bertz CT molecular complexity index is 1200. The molecule has 0 unspecified atom stereocenters. The molecule has 6 nitrogen and oxygen atoms in total. The number of benzene rings is 2. The molecule has 0 bridgehead atoms. The lowest BCUT2D eigenvalue weighted by molar-refractivity contribution is -0.118. The van der Waals surface area contributed by atoms with Crippen molar-refractivity contribution in [3.8, 4) is 11.5 Å². The van der Waals surface area contributed by atoms with Crippen LogP contribution < -0.4 is 11.5 Å². The first kappa shape index (κ1) is 39.2. The maximum Gasteiger partial charge on any atom is 0.221 e. The van der Waals surface area contributed by atoms with Gasteiger partial charge < -0.3 is 21.7 Å². The zero-order valence-corrected chi connectivity index (χ0v) is 29.5. The summed E-state index contributed by atoms with van der Waals surface area (Å²) < 4.78 is 0. The van der Waals surface area contributed by atoms with Crippen LogP contribution in [-0.4, -0.2) is 22.0 Å². The van der Waals surface area contributed by atoms with Gasteiger partial charge in [-0.2, -0.15) is 0 Å². The van der Waals surface area contributed by atoms with E-state index < -0.39 is 5.91 Å². The fourth-order valence-corrected chi connectivity index (χ4v) is 6.11. The first-order valence-electron chi connectivity index (χ1n) is 18.4. The summed E-state index contributed by atoms with van der Waals surface area (Å²) in [5, 5.41) is 20.8. The summed E-state index contributed by atoms with van der Waals surface area (Å²) in [6.45, 7) is 8.35. The zero-order valence-electron chi connectivity index (χ0n) is 29.5. The number of unbranched alkanes of at least 4 members (excludes halogenated alkanes) is 4. The van der Waals surface area contributed by atoms with E-state index in [9.17, 15) is 19.8 Å². The van der Waals surface area contributed by atoms with E-state index in [-0.39, 0.29) is 24.5 Å². The van der Waals surface area contributed by atoms with Gasteiger partial charge in [-0.15, -0.1) is 0 Å². The van der Waals surface area contributed by atoms with Crippen LogP contribution in [0.2, 0.25) is 0 Å². The molecule has 2 aromatic carbocycles. The monoisotopic (exact) mass is 636 g/mol. The number of hydrogen-bond donors (Lipinski definition) is 4. The minimum absolute atomic E-state index is 0.119. The quantitative estimate of drug-likeness (QED) is 0.108. The molecule has 2 saturated carbocycles. The number of phenols is 2. The second-order valence-corrected chi connectivity index (χ2v) is 13.4. The Morgan fingerprint density at radius 2 is 0.935 bits per heavy atom. The lowest BCUT2D eigenvalue weighted by Gasteiger charge is -2.13. The van der Waals surface area contributed by atoms with Gasteiger partial charge in [0.1, 0.15) is 11.5 Å². The molecule has 2 fully saturated rings. The maximum absolute atomic E-state index is 11.3. The van der Waals surface area contributed by atoms with Crippen molar-refractivity contribution in [3.63, 3.8) is 0 Å². The third-order valence-corrected chi connectivity index (χ3v) is 9.03. The number of rotatable bonds is 20. The second-order valence-electron chi connectivity index (χ2n) is 13.4. The van der Waals surface area contributed by atoms with Gasteiger partial charge in [0.15, 0.2) is 0 Å². The molecule has 6 heteroatoms. The van der Waals surface area contributed by atoms with Crippen molar-refractivity contribution in [2.45, 2.75) is 156 Å².